The zero-order chi connectivity index (χ0) is 24.2. The van der Waals surface area contributed by atoms with Crippen molar-refractivity contribution in [3.05, 3.63) is 58.2 Å². The van der Waals surface area contributed by atoms with E-state index in [2.05, 4.69) is 21.8 Å². The van der Waals surface area contributed by atoms with Gasteiger partial charge >= 0.3 is 5.97 Å². The van der Waals surface area contributed by atoms with Crippen molar-refractivity contribution in [3.63, 3.8) is 0 Å². The maximum atomic E-state index is 14.4. The standard InChI is InChI=1S/C24H26F4N2O2/c1-7-8-9-15-18(25)20(27)16(21(28)19(15)26)12-32-22(31)17(13(2)3)14-10-29-23(30-11-14)24(4,5)6/h10-11,13,17H,9,12H2,1-6H3. The molecule has 0 aliphatic rings. The molecule has 0 saturated carbocycles. The first-order valence-electron chi connectivity index (χ1n) is 10.1. The van der Waals surface area contributed by atoms with Crippen LogP contribution < -0.4 is 0 Å². The molecular formula is C24H26F4N2O2. The Morgan fingerprint density at radius 2 is 1.50 bits per heavy atom. The van der Waals surface area contributed by atoms with Gasteiger partial charge in [0.15, 0.2) is 23.3 Å². The van der Waals surface area contributed by atoms with Crippen LogP contribution in [0.25, 0.3) is 0 Å². The molecule has 8 heteroatoms. The number of hydrogen-bond donors (Lipinski definition) is 0. The summed E-state index contributed by atoms with van der Waals surface area (Å²) in [6.45, 7) is 9.81. The number of rotatable bonds is 6. The molecule has 1 unspecified atom stereocenters. The van der Waals surface area contributed by atoms with Gasteiger partial charge in [-0.3, -0.25) is 4.79 Å². The molecule has 0 fully saturated rings. The molecule has 2 aromatic rings. The van der Waals surface area contributed by atoms with E-state index in [-0.39, 0.29) is 11.3 Å². The van der Waals surface area contributed by atoms with Gasteiger partial charge in [-0.1, -0.05) is 40.5 Å². The van der Waals surface area contributed by atoms with Crippen LogP contribution in [0.2, 0.25) is 0 Å². The van der Waals surface area contributed by atoms with Crippen LogP contribution in [0.15, 0.2) is 12.4 Å². The molecule has 4 nitrogen and oxygen atoms in total. The Labute approximate surface area is 185 Å². The minimum absolute atomic E-state index is 0.259. The Hall–Kier alpha value is -2.95. The number of benzene rings is 1. The minimum atomic E-state index is -1.61. The summed E-state index contributed by atoms with van der Waals surface area (Å²) in [5, 5.41) is 0. The van der Waals surface area contributed by atoms with E-state index in [0.717, 1.165) is 0 Å². The molecular weight excluding hydrogens is 424 g/mol. The molecule has 0 bridgehead atoms. The highest BCUT2D eigenvalue weighted by Crippen LogP contribution is 2.29. The predicted octanol–water partition coefficient (Wildman–Crippen LogP) is 5.38. The topological polar surface area (TPSA) is 52.1 Å². The minimum Gasteiger partial charge on any atom is -0.460 e. The van der Waals surface area contributed by atoms with Gasteiger partial charge in [0.1, 0.15) is 12.4 Å². The van der Waals surface area contributed by atoms with Gasteiger partial charge in [0.25, 0.3) is 0 Å². The molecule has 0 aliphatic heterocycles. The van der Waals surface area contributed by atoms with Crippen molar-refractivity contribution in [2.45, 2.75) is 65.9 Å². The van der Waals surface area contributed by atoms with Gasteiger partial charge in [0.2, 0.25) is 0 Å². The van der Waals surface area contributed by atoms with Crippen molar-refractivity contribution in [2.75, 3.05) is 0 Å². The molecule has 0 radical (unpaired) electrons. The number of nitrogens with zero attached hydrogens (tertiary/aromatic N) is 2. The van der Waals surface area contributed by atoms with Gasteiger partial charge < -0.3 is 4.74 Å². The fourth-order valence-electron chi connectivity index (χ4n) is 3.09. The summed E-state index contributed by atoms with van der Waals surface area (Å²) in [4.78, 5) is 21.3. The molecule has 32 heavy (non-hydrogen) atoms. The van der Waals surface area contributed by atoms with Crippen molar-refractivity contribution in [2.24, 2.45) is 5.92 Å². The Morgan fingerprint density at radius 3 is 1.94 bits per heavy atom. The zero-order valence-electron chi connectivity index (χ0n) is 18.9. The monoisotopic (exact) mass is 450 g/mol. The largest absolute Gasteiger partial charge is 0.460 e. The fraction of sp³-hybridized carbons (Fsp3) is 0.458. The normalized spacial score (nSPS) is 12.3. The third kappa shape index (κ3) is 5.45. The maximum Gasteiger partial charge on any atom is 0.314 e. The molecule has 1 atom stereocenters. The van der Waals surface area contributed by atoms with Crippen LogP contribution >= 0.6 is 0 Å². The summed E-state index contributed by atoms with van der Waals surface area (Å²) in [7, 11) is 0. The van der Waals surface area contributed by atoms with E-state index in [4.69, 9.17) is 4.74 Å². The summed E-state index contributed by atoms with van der Waals surface area (Å²) in [6, 6.07) is 0. The van der Waals surface area contributed by atoms with Gasteiger partial charge in [-0.25, -0.2) is 27.5 Å². The third-order valence-corrected chi connectivity index (χ3v) is 4.87. The number of aromatic nitrogens is 2. The van der Waals surface area contributed by atoms with Gasteiger partial charge in [-0.2, -0.15) is 0 Å². The average Bonchev–Trinajstić information content (AvgIpc) is 2.72. The first kappa shape index (κ1) is 25.3. The highest BCUT2D eigenvalue weighted by Gasteiger charge is 2.30. The molecule has 0 spiro atoms. The van der Waals surface area contributed by atoms with E-state index in [1.807, 2.05) is 20.8 Å². The van der Waals surface area contributed by atoms with E-state index < -0.39 is 59.3 Å². The molecule has 0 aliphatic carbocycles. The van der Waals surface area contributed by atoms with Crippen molar-refractivity contribution < 1.29 is 27.1 Å². The Morgan fingerprint density at radius 1 is 1.00 bits per heavy atom. The lowest BCUT2D eigenvalue weighted by atomic mass is 9.89. The number of carbonyl (C=O) groups excluding carboxylic acids is 1. The van der Waals surface area contributed by atoms with Gasteiger partial charge in [0.05, 0.1) is 11.5 Å². The highest BCUT2D eigenvalue weighted by atomic mass is 19.2. The van der Waals surface area contributed by atoms with Crippen LogP contribution in [0.1, 0.15) is 70.0 Å². The Kier molecular flexibility index (Phi) is 8.00. The van der Waals surface area contributed by atoms with Crippen molar-refractivity contribution >= 4 is 5.97 Å². The lowest BCUT2D eigenvalue weighted by Gasteiger charge is -2.21. The van der Waals surface area contributed by atoms with E-state index in [9.17, 15) is 22.4 Å². The Bertz CT molecular complexity index is 1020. The smallest absolute Gasteiger partial charge is 0.314 e. The number of esters is 1. The van der Waals surface area contributed by atoms with Crippen LogP contribution in [0.5, 0.6) is 0 Å². The zero-order valence-corrected chi connectivity index (χ0v) is 18.9. The summed E-state index contributed by atoms with van der Waals surface area (Å²) in [6.07, 6.45) is 2.52. The van der Waals surface area contributed by atoms with Crippen molar-refractivity contribution in [1.29, 1.82) is 0 Å². The molecule has 1 aromatic carbocycles. The second-order valence-corrected chi connectivity index (χ2v) is 8.74. The van der Waals surface area contributed by atoms with Crippen LogP contribution in [-0.2, 0) is 28.0 Å². The number of ether oxygens (including phenoxy) is 1. The van der Waals surface area contributed by atoms with Gasteiger partial charge in [-0.05, 0) is 12.8 Å². The van der Waals surface area contributed by atoms with E-state index in [1.54, 1.807) is 13.8 Å². The molecule has 0 saturated heterocycles. The van der Waals surface area contributed by atoms with E-state index >= 15 is 0 Å². The highest BCUT2D eigenvalue weighted by molar-refractivity contribution is 5.78. The summed E-state index contributed by atoms with van der Waals surface area (Å²) in [5.74, 6) is -2.86. The summed E-state index contributed by atoms with van der Waals surface area (Å²) in [5.41, 5.74) is -1.63. The molecule has 0 N–H and O–H groups in total. The van der Waals surface area contributed by atoms with Crippen LogP contribution in [0.3, 0.4) is 0 Å². The molecule has 1 aromatic heterocycles. The number of hydrogen-bond acceptors (Lipinski definition) is 4. The van der Waals surface area contributed by atoms with Crippen LogP contribution in [0.4, 0.5) is 17.6 Å². The van der Waals surface area contributed by atoms with Crippen molar-refractivity contribution in [3.8, 4) is 11.8 Å². The first-order valence-corrected chi connectivity index (χ1v) is 10.1. The maximum absolute atomic E-state index is 14.4. The van der Waals surface area contributed by atoms with E-state index in [0.29, 0.717) is 11.4 Å². The van der Waals surface area contributed by atoms with Crippen LogP contribution in [0, 0.1) is 41.0 Å². The van der Waals surface area contributed by atoms with Gasteiger partial charge in [0, 0.05) is 35.4 Å². The molecule has 172 valence electrons. The average molecular weight is 450 g/mol. The molecule has 1 heterocycles. The lowest BCUT2D eigenvalue weighted by molar-refractivity contribution is -0.148. The number of halogens is 4. The molecule has 2 rings (SSSR count). The third-order valence-electron chi connectivity index (χ3n) is 4.87. The van der Waals surface area contributed by atoms with Crippen LogP contribution in [-0.4, -0.2) is 15.9 Å². The molecule has 0 amide bonds. The SMILES string of the molecule is CC#CCc1c(F)c(F)c(COC(=O)C(c2cnc(C(C)(C)C)nc2)C(C)C)c(F)c1F. The Balaban J connectivity index is 2.28. The summed E-state index contributed by atoms with van der Waals surface area (Å²) >= 11 is 0. The lowest BCUT2D eigenvalue weighted by Crippen LogP contribution is -2.23. The quantitative estimate of drug-likeness (QED) is 0.257. The number of carbonyl (C=O) groups is 1. The second-order valence-electron chi connectivity index (χ2n) is 8.74. The first-order chi connectivity index (χ1) is 14.9. The summed E-state index contributed by atoms with van der Waals surface area (Å²) < 4.78 is 62.3. The second kappa shape index (κ2) is 10.1. The predicted molar refractivity (Wildman–Crippen MR) is 112 cm³/mol. The van der Waals surface area contributed by atoms with E-state index in [1.165, 1.54) is 19.3 Å². The van der Waals surface area contributed by atoms with Crippen molar-refractivity contribution in [1.82, 2.24) is 9.97 Å². The van der Waals surface area contributed by atoms with Gasteiger partial charge in [-0.15, -0.1) is 5.92 Å². The fourth-order valence-corrected chi connectivity index (χ4v) is 3.09.